The Hall–Kier alpha value is -0.390. The molecule has 0 unspecified atom stereocenters. The Morgan fingerprint density at radius 1 is 0.857 bits per heavy atom. The van der Waals surface area contributed by atoms with Gasteiger partial charge < -0.3 is 10.1 Å². The van der Waals surface area contributed by atoms with Crippen molar-refractivity contribution in [3.05, 3.63) is 68.6 Å². The normalized spacial score (nSPS) is 14.6. The molecular formula is C16H16Br2ClNO. The predicted molar refractivity (Wildman–Crippen MR) is 95.1 cm³/mol. The largest absolute Gasteiger partial charge is 0.363 e. The van der Waals surface area contributed by atoms with Gasteiger partial charge in [-0.1, -0.05) is 56.1 Å². The van der Waals surface area contributed by atoms with E-state index in [9.17, 15) is 0 Å². The fourth-order valence-electron chi connectivity index (χ4n) is 2.18. The summed E-state index contributed by atoms with van der Waals surface area (Å²) in [6, 6.07) is 16.7. The molecule has 3 rings (SSSR count). The molecule has 0 aliphatic carbocycles. The molecule has 1 saturated heterocycles. The van der Waals surface area contributed by atoms with E-state index in [0.29, 0.717) is 6.10 Å². The predicted octanol–water partition coefficient (Wildman–Crippen LogP) is 4.71. The Kier molecular flexibility index (Phi) is 6.26. The molecule has 0 radical (unpaired) electrons. The molecule has 1 aliphatic rings. The number of halogens is 3. The zero-order valence-corrected chi connectivity index (χ0v) is 15.2. The first-order valence-electron chi connectivity index (χ1n) is 6.59. The van der Waals surface area contributed by atoms with Crippen molar-refractivity contribution >= 4 is 44.3 Å². The molecular weight excluding hydrogens is 417 g/mol. The third-order valence-electron chi connectivity index (χ3n) is 3.42. The maximum absolute atomic E-state index is 6.25. The second kappa shape index (κ2) is 7.75. The second-order valence-corrected chi connectivity index (χ2v) is 6.73. The standard InChI is InChI=1S/C16H15Br2NO.ClH/c17-13-5-1-11(2-6-13)16(20-15-9-19-10-15)12-3-7-14(18)8-4-12;/h1-8,15-16,19H,9-10H2;1H. The first-order valence-corrected chi connectivity index (χ1v) is 8.18. The average Bonchev–Trinajstić information content (AvgIpc) is 2.41. The Morgan fingerprint density at radius 3 is 1.62 bits per heavy atom. The van der Waals surface area contributed by atoms with Crippen LogP contribution in [0.15, 0.2) is 57.5 Å². The molecule has 2 aromatic carbocycles. The van der Waals surface area contributed by atoms with E-state index < -0.39 is 0 Å². The summed E-state index contributed by atoms with van der Waals surface area (Å²) >= 11 is 6.96. The minimum atomic E-state index is -0.0108. The fourth-order valence-corrected chi connectivity index (χ4v) is 2.70. The Morgan fingerprint density at radius 2 is 1.29 bits per heavy atom. The van der Waals surface area contributed by atoms with Gasteiger partial charge in [0, 0.05) is 22.0 Å². The topological polar surface area (TPSA) is 21.3 Å². The third kappa shape index (κ3) is 4.30. The molecule has 0 saturated carbocycles. The van der Waals surface area contributed by atoms with Gasteiger partial charge in [-0.15, -0.1) is 12.4 Å². The van der Waals surface area contributed by atoms with Gasteiger partial charge in [0.2, 0.25) is 0 Å². The van der Waals surface area contributed by atoms with E-state index in [2.05, 4.69) is 85.7 Å². The fraction of sp³-hybridized carbons (Fsp3) is 0.250. The van der Waals surface area contributed by atoms with Gasteiger partial charge in [-0.3, -0.25) is 0 Å². The van der Waals surface area contributed by atoms with Crippen LogP contribution in [-0.2, 0) is 4.74 Å². The average molecular weight is 434 g/mol. The van der Waals surface area contributed by atoms with E-state index in [1.807, 2.05) is 0 Å². The second-order valence-electron chi connectivity index (χ2n) is 4.90. The van der Waals surface area contributed by atoms with Crippen molar-refractivity contribution in [2.24, 2.45) is 0 Å². The van der Waals surface area contributed by atoms with Crippen molar-refractivity contribution in [2.45, 2.75) is 12.2 Å². The van der Waals surface area contributed by atoms with Gasteiger partial charge in [0.1, 0.15) is 6.10 Å². The molecule has 0 atom stereocenters. The molecule has 2 nitrogen and oxygen atoms in total. The summed E-state index contributed by atoms with van der Waals surface area (Å²) in [4.78, 5) is 0. The van der Waals surface area contributed by atoms with Gasteiger partial charge in [-0.25, -0.2) is 0 Å². The summed E-state index contributed by atoms with van der Waals surface area (Å²) in [5.41, 5.74) is 2.37. The number of hydrogen-bond donors (Lipinski definition) is 1. The van der Waals surface area contributed by atoms with Crippen molar-refractivity contribution < 1.29 is 4.74 Å². The number of hydrogen-bond acceptors (Lipinski definition) is 2. The highest BCUT2D eigenvalue weighted by atomic mass is 79.9. The summed E-state index contributed by atoms with van der Waals surface area (Å²) in [5, 5.41) is 3.25. The maximum Gasteiger partial charge on any atom is 0.108 e. The highest BCUT2D eigenvalue weighted by Gasteiger charge is 2.24. The molecule has 1 N–H and O–H groups in total. The van der Waals surface area contributed by atoms with Crippen LogP contribution in [0.25, 0.3) is 0 Å². The van der Waals surface area contributed by atoms with Gasteiger partial charge in [-0.05, 0) is 35.4 Å². The summed E-state index contributed by atoms with van der Waals surface area (Å²) in [5.74, 6) is 0. The lowest BCUT2D eigenvalue weighted by Crippen LogP contribution is -2.49. The van der Waals surface area contributed by atoms with Crippen LogP contribution in [0.4, 0.5) is 0 Å². The molecule has 1 fully saturated rings. The Labute approximate surface area is 147 Å². The van der Waals surface area contributed by atoms with E-state index in [1.54, 1.807) is 0 Å². The van der Waals surface area contributed by atoms with Gasteiger partial charge >= 0.3 is 0 Å². The molecule has 5 heteroatoms. The van der Waals surface area contributed by atoms with Gasteiger partial charge in [0.15, 0.2) is 0 Å². The quantitative estimate of drug-likeness (QED) is 0.754. The Balaban J connectivity index is 0.00000161. The number of benzene rings is 2. The van der Waals surface area contributed by atoms with Crippen molar-refractivity contribution in [1.29, 1.82) is 0 Å². The van der Waals surface area contributed by atoms with Crippen molar-refractivity contribution in [2.75, 3.05) is 13.1 Å². The molecule has 0 aromatic heterocycles. The first-order chi connectivity index (χ1) is 9.72. The summed E-state index contributed by atoms with van der Waals surface area (Å²) in [7, 11) is 0. The van der Waals surface area contributed by atoms with Gasteiger partial charge in [0.25, 0.3) is 0 Å². The Bertz CT molecular complexity index is 524. The highest BCUT2D eigenvalue weighted by Crippen LogP contribution is 2.30. The number of nitrogens with one attached hydrogen (secondary N) is 1. The highest BCUT2D eigenvalue weighted by molar-refractivity contribution is 9.10. The monoisotopic (exact) mass is 431 g/mol. The molecule has 0 spiro atoms. The molecule has 1 heterocycles. The molecule has 21 heavy (non-hydrogen) atoms. The van der Waals surface area contributed by atoms with E-state index in [1.165, 1.54) is 11.1 Å². The van der Waals surface area contributed by atoms with E-state index in [4.69, 9.17) is 4.74 Å². The lowest BCUT2D eigenvalue weighted by molar-refractivity contribution is -0.0202. The van der Waals surface area contributed by atoms with Crippen LogP contribution in [0.5, 0.6) is 0 Å². The van der Waals surface area contributed by atoms with Crippen LogP contribution in [0.3, 0.4) is 0 Å². The zero-order chi connectivity index (χ0) is 13.9. The van der Waals surface area contributed by atoms with Crippen LogP contribution in [0.2, 0.25) is 0 Å². The molecule has 112 valence electrons. The van der Waals surface area contributed by atoms with Crippen molar-refractivity contribution in [1.82, 2.24) is 5.32 Å². The summed E-state index contributed by atoms with van der Waals surface area (Å²) in [6.45, 7) is 1.87. The van der Waals surface area contributed by atoms with Crippen molar-refractivity contribution in [3.8, 4) is 0 Å². The van der Waals surface area contributed by atoms with E-state index in [0.717, 1.165) is 22.0 Å². The van der Waals surface area contributed by atoms with Crippen molar-refractivity contribution in [3.63, 3.8) is 0 Å². The first kappa shape index (κ1) is 17.0. The minimum Gasteiger partial charge on any atom is -0.363 e. The molecule has 0 amide bonds. The summed E-state index contributed by atoms with van der Waals surface area (Å²) in [6.07, 6.45) is 0.288. The van der Waals surface area contributed by atoms with E-state index in [-0.39, 0.29) is 18.5 Å². The third-order valence-corrected chi connectivity index (χ3v) is 4.48. The van der Waals surface area contributed by atoms with Gasteiger partial charge in [0.05, 0.1) is 6.10 Å². The summed E-state index contributed by atoms with van der Waals surface area (Å²) < 4.78 is 8.41. The maximum atomic E-state index is 6.25. The van der Waals surface area contributed by atoms with E-state index >= 15 is 0 Å². The van der Waals surface area contributed by atoms with Crippen LogP contribution >= 0.6 is 44.3 Å². The number of ether oxygens (including phenoxy) is 1. The van der Waals surface area contributed by atoms with Crippen LogP contribution < -0.4 is 5.32 Å². The van der Waals surface area contributed by atoms with Crippen LogP contribution in [-0.4, -0.2) is 19.2 Å². The van der Waals surface area contributed by atoms with Crippen LogP contribution in [0, 0.1) is 0 Å². The minimum absolute atomic E-state index is 0. The number of rotatable bonds is 4. The van der Waals surface area contributed by atoms with Crippen LogP contribution in [0.1, 0.15) is 17.2 Å². The molecule has 0 bridgehead atoms. The SMILES string of the molecule is Brc1ccc(C(OC2CNC2)c2ccc(Br)cc2)cc1.Cl. The lowest BCUT2D eigenvalue weighted by Gasteiger charge is -2.32. The molecule has 2 aromatic rings. The van der Waals surface area contributed by atoms with Gasteiger partial charge in [-0.2, -0.15) is 0 Å². The smallest absolute Gasteiger partial charge is 0.108 e. The lowest BCUT2D eigenvalue weighted by atomic mass is 10.0. The molecule has 1 aliphatic heterocycles. The zero-order valence-electron chi connectivity index (χ0n) is 11.3.